The van der Waals surface area contributed by atoms with E-state index >= 15 is 0 Å². The molecular weight excluding hydrogens is 180 g/mol. The Bertz CT molecular complexity index is 312. The van der Waals surface area contributed by atoms with Gasteiger partial charge in [0.25, 0.3) is 5.91 Å². The van der Waals surface area contributed by atoms with E-state index in [1.54, 1.807) is 14.0 Å². The van der Waals surface area contributed by atoms with E-state index in [1.165, 1.54) is 6.20 Å². The van der Waals surface area contributed by atoms with Gasteiger partial charge in [0, 0.05) is 13.2 Å². The van der Waals surface area contributed by atoms with Crippen LogP contribution in [0.25, 0.3) is 0 Å². The first kappa shape index (κ1) is 12.3. The summed E-state index contributed by atoms with van der Waals surface area (Å²) in [4.78, 5) is 18.7. The van der Waals surface area contributed by atoms with Crippen LogP contribution >= 0.6 is 0 Å². The lowest BCUT2D eigenvalue weighted by Crippen LogP contribution is -2.20. The van der Waals surface area contributed by atoms with Crippen molar-refractivity contribution in [1.82, 2.24) is 15.3 Å². The van der Waals surface area contributed by atoms with Crippen LogP contribution in [0.3, 0.4) is 0 Å². The largest absolute Gasteiger partial charge is 0.368 e. The van der Waals surface area contributed by atoms with E-state index in [4.69, 9.17) is 5.73 Å². The van der Waals surface area contributed by atoms with Crippen molar-refractivity contribution in [2.75, 3.05) is 12.8 Å². The molecule has 0 aliphatic rings. The molecule has 0 bridgehead atoms. The molecule has 78 valence electrons. The van der Waals surface area contributed by atoms with E-state index in [0.717, 1.165) is 0 Å². The maximum absolute atomic E-state index is 11.1. The molecule has 0 aliphatic heterocycles. The van der Waals surface area contributed by atoms with E-state index in [9.17, 15) is 4.79 Å². The lowest BCUT2D eigenvalue weighted by atomic mass is 10.2. The number of carbonyl (C=O) groups excluding carboxylic acids is 1. The molecule has 0 fully saturated rings. The summed E-state index contributed by atoms with van der Waals surface area (Å²) in [6.45, 7) is 5.71. The van der Waals surface area contributed by atoms with Crippen LogP contribution in [-0.4, -0.2) is 22.9 Å². The van der Waals surface area contributed by atoms with Crippen molar-refractivity contribution >= 4 is 11.9 Å². The molecule has 1 rings (SSSR count). The van der Waals surface area contributed by atoms with Crippen molar-refractivity contribution in [3.05, 3.63) is 17.5 Å². The van der Waals surface area contributed by atoms with Crippen molar-refractivity contribution in [3.63, 3.8) is 0 Å². The number of nitrogen functional groups attached to an aromatic ring is 1. The molecule has 1 aromatic heterocycles. The molecule has 0 aromatic carbocycles. The monoisotopic (exact) mass is 196 g/mol. The molecule has 0 atom stereocenters. The van der Waals surface area contributed by atoms with E-state index < -0.39 is 0 Å². The standard InChI is InChI=1S/C7H10N4O.C2H6/c1-4-5(6(12)9-2)3-10-7(8)11-4;1-2/h3H,1-2H3,(H,9,12)(H2,8,10,11);1-2H3. The molecule has 5 nitrogen and oxygen atoms in total. The highest BCUT2D eigenvalue weighted by atomic mass is 16.1. The van der Waals surface area contributed by atoms with Crippen molar-refractivity contribution in [1.29, 1.82) is 0 Å². The number of nitrogens with two attached hydrogens (primary N) is 1. The highest BCUT2D eigenvalue weighted by Gasteiger charge is 2.07. The number of anilines is 1. The van der Waals surface area contributed by atoms with Gasteiger partial charge in [0.1, 0.15) is 0 Å². The van der Waals surface area contributed by atoms with Crippen LogP contribution in [0.5, 0.6) is 0 Å². The zero-order valence-electron chi connectivity index (χ0n) is 8.96. The lowest BCUT2D eigenvalue weighted by Gasteiger charge is -2.02. The average Bonchev–Trinajstić information content (AvgIpc) is 2.20. The summed E-state index contributed by atoms with van der Waals surface area (Å²) in [6.07, 6.45) is 1.41. The third kappa shape index (κ3) is 3.01. The zero-order chi connectivity index (χ0) is 11.1. The summed E-state index contributed by atoms with van der Waals surface area (Å²) in [7, 11) is 1.55. The number of aromatic nitrogens is 2. The van der Waals surface area contributed by atoms with E-state index in [1.807, 2.05) is 13.8 Å². The normalized spacial score (nSPS) is 8.57. The number of carbonyl (C=O) groups is 1. The van der Waals surface area contributed by atoms with Crippen molar-refractivity contribution in [2.45, 2.75) is 20.8 Å². The third-order valence-corrected chi connectivity index (χ3v) is 1.47. The predicted octanol–water partition coefficient (Wildman–Crippen LogP) is 0.753. The summed E-state index contributed by atoms with van der Waals surface area (Å²) in [5, 5.41) is 2.48. The van der Waals surface area contributed by atoms with Gasteiger partial charge in [-0.15, -0.1) is 0 Å². The number of rotatable bonds is 1. The summed E-state index contributed by atoms with van der Waals surface area (Å²) in [5.74, 6) is -0.0207. The Labute approximate surface area is 83.8 Å². The van der Waals surface area contributed by atoms with E-state index in [2.05, 4.69) is 15.3 Å². The lowest BCUT2D eigenvalue weighted by molar-refractivity contribution is 0.0961. The fourth-order valence-corrected chi connectivity index (χ4v) is 0.843. The minimum atomic E-state index is -0.201. The molecule has 0 aliphatic carbocycles. The Hall–Kier alpha value is -1.65. The van der Waals surface area contributed by atoms with Gasteiger partial charge in [-0.2, -0.15) is 0 Å². The third-order valence-electron chi connectivity index (χ3n) is 1.47. The number of aryl methyl sites for hydroxylation is 1. The molecule has 1 amide bonds. The molecule has 14 heavy (non-hydrogen) atoms. The number of hydrogen-bond acceptors (Lipinski definition) is 4. The molecule has 0 radical (unpaired) electrons. The number of nitrogens with zero attached hydrogens (tertiary/aromatic N) is 2. The van der Waals surface area contributed by atoms with Crippen LogP contribution in [-0.2, 0) is 0 Å². The Morgan fingerprint density at radius 2 is 2.07 bits per heavy atom. The van der Waals surface area contributed by atoms with E-state index in [-0.39, 0.29) is 11.9 Å². The molecule has 0 saturated carbocycles. The summed E-state index contributed by atoms with van der Waals surface area (Å²) in [6, 6.07) is 0. The second kappa shape index (κ2) is 5.90. The Kier molecular flexibility index (Phi) is 5.21. The molecule has 1 aromatic rings. The minimum absolute atomic E-state index is 0.181. The predicted molar refractivity (Wildman–Crippen MR) is 55.9 cm³/mol. The molecule has 1 heterocycles. The van der Waals surface area contributed by atoms with Gasteiger partial charge in [-0.25, -0.2) is 9.97 Å². The van der Waals surface area contributed by atoms with Crippen LogP contribution in [0, 0.1) is 6.92 Å². The first-order valence-electron chi connectivity index (χ1n) is 4.46. The fraction of sp³-hybridized carbons (Fsp3) is 0.444. The summed E-state index contributed by atoms with van der Waals surface area (Å²) >= 11 is 0. The number of nitrogens with one attached hydrogen (secondary N) is 1. The zero-order valence-corrected chi connectivity index (χ0v) is 8.96. The second-order valence-electron chi connectivity index (χ2n) is 2.31. The number of amides is 1. The van der Waals surface area contributed by atoms with Crippen molar-refractivity contribution < 1.29 is 4.79 Å². The molecule has 3 N–H and O–H groups in total. The van der Waals surface area contributed by atoms with Crippen LogP contribution in [0.4, 0.5) is 5.95 Å². The quantitative estimate of drug-likeness (QED) is 0.694. The van der Waals surface area contributed by atoms with Gasteiger partial charge in [-0.1, -0.05) is 13.8 Å². The Morgan fingerprint density at radius 1 is 1.50 bits per heavy atom. The van der Waals surface area contributed by atoms with Crippen LogP contribution < -0.4 is 11.1 Å². The van der Waals surface area contributed by atoms with Gasteiger partial charge in [-0.05, 0) is 6.92 Å². The van der Waals surface area contributed by atoms with Crippen LogP contribution in [0.15, 0.2) is 6.20 Å². The first-order valence-corrected chi connectivity index (χ1v) is 4.46. The van der Waals surface area contributed by atoms with Gasteiger partial charge in [-0.3, -0.25) is 4.79 Å². The van der Waals surface area contributed by atoms with Gasteiger partial charge < -0.3 is 11.1 Å². The highest BCUT2D eigenvalue weighted by Crippen LogP contribution is 2.03. The topological polar surface area (TPSA) is 80.9 Å². The first-order chi connectivity index (χ1) is 6.65. The SMILES string of the molecule is CC.CNC(=O)c1cnc(N)nc1C. The van der Waals surface area contributed by atoms with Crippen LogP contribution in [0.2, 0.25) is 0 Å². The summed E-state index contributed by atoms with van der Waals surface area (Å²) < 4.78 is 0. The minimum Gasteiger partial charge on any atom is -0.368 e. The highest BCUT2D eigenvalue weighted by molar-refractivity contribution is 5.94. The van der Waals surface area contributed by atoms with Gasteiger partial charge in [0.05, 0.1) is 11.3 Å². The molecule has 5 heteroatoms. The summed E-state index contributed by atoms with van der Waals surface area (Å²) in [5.41, 5.74) is 6.35. The molecule has 0 spiro atoms. The Morgan fingerprint density at radius 3 is 2.50 bits per heavy atom. The average molecular weight is 196 g/mol. The smallest absolute Gasteiger partial charge is 0.254 e. The van der Waals surface area contributed by atoms with E-state index in [0.29, 0.717) is 11.3 Å². The molecule has 0 unspecified atom stereocenters. The van der Waals surface area contributed by atoms with Crippen molar-refractivity contribution in [3.8, 4) is 0 Å². The maximum atomic E-state index is 11.1. The van der Waals surface area contributed by atoms with Gasteiger partial charge in [0.2, 0.25) is 5.95 Å². The number of hydrogen-bond donors (Lipinski definition) is 2. The van der Waals surface area contributed by atoms with Crippen molar-refractivity contribution in [2.24, 2.45) is 0 Å². The van der Waals surface area contributed by atoms with Gasteiger partial charge in [0.15, 0.2) is 0 Å². The molecular formula is C9H16N4O. The van der Waals surface area contributed by atoms with Crippen LogP contribution in [0.1, 0.15) is 29.9 Å². The molecule has 0 saturated heterocycles. The second-order valence-corrected chi connectivity index (χ2v) is 2.31. The fourth-order valence-electron chi connectivity index (χ4n) is 0.843. The van der Waals surface area contributed by atoms with Gasteiger partial charge >= 0.3 is 0 Å². The Balaban J connectivity index is 0.000000791. The maximum Gasteiger partial charge on any atom is 0.254 e.